The van der Waals surface area contributed by atoms with E-state index < -0.39 is 53.9 Å². The van der Waals surface area contributed by atoms with Gasteiger partial charge < -0.3 is 34.7 Å². The number of alkyl carbamates (subject to hydrolysis) is 1. The largest absolute Gasteiger partial charge is 0.453 e. The summed E-state index contributed by atoms with van der Waals surface area (Å²) in [5.74, 6) is -0.942. The predicted octanol–water partition coefficient (Wildman–Crippen LogP) is 6.70. The van der Waals surface area contributed by atoms with Crippen LogP contribution in [0.5, 0.6) is 0 Å². The Labute approximate surface area is 317 Å². The van der Waals surface area contributed by atoms with Crippen LogP contribution in [0.15, 0.2) is 115 Å². The molecule has 4 aromatic rings. The average molecular weight is 738 g/mol. The van der Waals surface area contributed by atoms with E-state index in [0.29, 0.717) is 25.1 Å². The van der Waals surface area contributed by atoms with E-state index in [1.165, 1.54) is 7.11 Å². The maximum Gasteiger partial charge on any atom is 0.410 e. The number of benzene rings is 4. The highest BCUT2D eigenvalue weighted by Crippen LogP contribution is 2.31. The number of nitrogens with one attached hydrogen (secondary N) is 2. The van der Waals surface area contributed by atoms with Crippen molar-refractivity contribution in [2.75, 3.05) is 32.2 Å². The molecule has 4 aromatic carbocycles. The number of aliphatic hydroxyl groups excluding tert-OH is 1. The van der Waals surface area contributed by atoms with Crippen molar-refractivity contribution in [2.24, 2.45) is 0 Å². The number of carbonyl (C=O) groups excluding carboxylic acids is 3. The molecule has 3 amide bonds. The summed E-state index contributed by atoms with van der Waals surface area (Å²) in [6, 6.07) is 34.7. The number of aliphatic hydroxyl groups is 1. The Morgan fingerprint density at radius 1 is 0.870 bits per heavy atom. The first kappa shape index (κ1) is 40.0. The Morgan fingerprint density at radius 2 is 1.46 bits per heavy atom. The lowest BCUT2D eigenvalue weighted by Gasteiger charge is -2.44. The minimum atomic E-state index is -1.02. The number of nitrogens with zero attached hydrogens (tertiary/aromatic N) is 1. The van der Waals surface area contributed by atoms with Crippen LogP contribution in [0.1, 0.15) is 55.4 Å². The van der Waals surface area contributed by atoms with Crippen LogP contribution in [-0.4, -0.2) is 84.9 Å². The number of amides is 3. The number of morpholine rings is 1. The summed E-state index contributed by atoms with van der Waals surface area (Å²) in [5.41, 5.74) is 3.36. The molecular formula is C43H51N3O8. The molecule has 1 fully saturated rings. The highest BCUT2D eigenvalue weighted by Gasteiger charge is 2.41. The molecule has 0 spiro atoms. The lowest BCUT2D eigenvalue weighted by molar-refractivity contribution is -0.148. The van der Waals surface area contributed by atoms with Crippen LogP contribution < -0.4 is 10.6 Å². The number of hydrogen-bond acceptors (Lipinski definition) is 8. The summed E-state index contributed by atoms with van der Waals surface area (Å²) in [5, 5.41) is 16.3. The smallest absolute Gasteiger partial charge is 0.410 e. The standard InChI is InChI=1S/C43H51N3O8/c1-43(2,3)54-42(50)46-26-34(53-37(27-47)36(46)29-52-28-30-16-8-5-9-17-30)25-24-31-18-14-15-23-35(31)44-40(48)39(45-41(49)51-4)38(32-19-10-6-11-20-32)33-21-12-7-13-22-33/h5-23,34,36-39,47H,24-29H2,1-4H3,(H,44,48)(H,45,49)/t34-,36-,37-,39+/m1/s1. The first-order valence-corrected chi connectivity index (χ1v) is 18.3. The summed E-state index contributed by atoms with van der Waals surface area (Å²) >= 11 is 0. The fourth-order valence-corrected chi connectivity index (χ4v) is 6.63. The Balaban J connectivity index is 1.33. The third-order valence-corrected chi connectivity index (χ3v) is 9.21. The molecular weight excluding hydrogens is 686 g/mol. The number of aryl methyl sites for hydroxylation is 1. The van der Waals surface area contributed by atoms with Crippen molar-refractivity contribution in [2.45, 2.75) is 76.0 Å². The van der Waals surface area contributed by atoms with Crippen molar-refractivity contribution in [1.29, 1.82) is 0 Å². The Morgan fingerprint density at radius 3 is 2.06 bits per heavy atom. The average Bonchev–Trinajstić information content (AvgIpc) is 3.17. The normalized spacial score (nSPS) is 17.7. The number of hydrogen-bond donors (Lipinski definition) is 3. The lowest BCUT2D eigenvalue weighted by atomic mass is 9.84. The molecule has 11 nitrogen and oxygen atoms in total. The van der Waals surface area contributed by atoms with Crippen LogP contribution in [0, 0.1) is 0 Å². The highest BCUT2D eigenvalue weighted by atomic mass is 16.6. The second-order valence-electron chi connectivity index (χ2n) is 14.3. The summed E-state index contributed by atoms with van der Waals surface area (Å²) in [7, 11) is 1.26. The highest BCUT2D eigenvalue weighted by molar-refractivity contribution is 5.98. The van der Waals surface area contributed by atoms with Crippen LogP contribution >= 0.6 is 0 Å². The summed E-state index contributed by atoms with van der Waals surface area (Å²) in [6.07, 6.45) is -1.44. The fraction of sp³-hybridized carbons (Fsp3) is 0.372. The zero-order chi connectivity index (χ0) is 38.5. The second-order valence-corrected chi connectivity index (χ2v) is 14.3. The van der Waals surface area contributed by atoms with Gasteiger partial charge in [-0.05, 0) is 61.9 Å². The molecule has 5 rings (SSSR count). The predicted molar refractivity (Wildman–Crippen MR) is 206 cm³/mol. The third-order valence-electron chi connectivity index (χ3n) is 9.21. The van der Waals surface area contributed by atoms with E-state index in [0.717, 1.165) is 22.3 Å². The van der Waals surface area contributed by atoms with Crippen molar-refractivity contribution in [3.63, 3.8) is 0 Å². The van der Waals surface area contributed by atoms with Gasteiger partial charge in [-0.15, -0.1) is 0 Å². The van der Waals surface area contributed by atoms with Crippen LogP contribution in [-0.2, 0) is 36.8 Å². The van der Waals surface area contributed by atoms with Crippen LogP contribution in [0.3, 0.4) is 0 Å². The minimum Gasteiger partial charge on any atom is -0.453 e. The van der Waals surface area contributed by atoms with Gasteiger partial charge in [0.25, 0.3) is 0 Å². The SMILES string of the molecule is COC(=O)N[C@H](C(=O)Nc1ccccc1CC[C@@H]1CN(C(=O)OC(C)(C)C)[C@H](COCc2ccccc2)[C@@H](CO)O1)C(c1ccccc1)c1ccccc1. The number of ether oxygens (including phenoxy) is 4. The first-order chi connectivity index (χ1) is 26.1. The number of carbonyl (C=O) groups is 3. The van der Waals surface area contributed by atoms with Crippen molar-refractivity contribution >= 4 is 23.8 Å². The van der Waals surface area contributed by atoms with E-state index in [4.69, 9.17) is 18.9 Å². The summed E-state index contributed by atoms with van der Waals surface area (Å²) in [4.78, 5) is 42.1. The van der Waals surface area contributed by atoms with Crippen molar-refractivity contribution in [3.05, 3.63) is 138 Å². The van der Waals surface area contributed by atoms with Crippen molar-refractivity contribution in [1.82, 2.24) is 10.2 Å². The number of anilines is 1. The molecule has 0 saturated carbocycles. The van der Waals surface area contributed by atoms with Gasteiger partial charge in [0.15, 0.2) is 0 Å². The van der Waals surface area contributed by atoms with Gasteiger partial charge in [-0.2, -0.15) is 0 Å². The molecule has 3 N–H and O–H groups in total. The molecule has 1 aliphatic rings. The van der Waals surface area contributed by atoms with Crippen LogP contribution in [0.2, 0.25) is 0 Å². The Kier molecular flexibility index (Phi) is 14.2. The maximum atomic E-state index is 14.2. The summed E-state index contributed by atoms with van der Waals surface area (Å²) in [6.45, 7) is 5.83. The molecule has 11 heteroatoms. The Hall–Kier alpha value is -5.23. The lowest BCUT2D eigenvalue weighted by Crippen LogP contribution is -2.60. The first-order valence-electron chi connectivity index (χ1n) is 18.3. The van der Waals surface area contributed by atoms with E-state index in [9.17, 15) is 19.5 Å². The van der Waals surface area contributed by atoms with Gasteiger partial charge in [-0.1, -0.05) is 109 Å². The van der Waals surface area contributed by atoms with Gasteiger partial charge in [-0.25, -0.2) is 9.59 Å². The molecule has 1 aliphatic heterocycles. The second kappa shape index (κ2) is 19.2. The molecule has 1 saturated heterocycles. The molecule has 0 aliphatic carbocycles. The van der Waals surface area contributed by atoms with E-state index >= 15 is 0 Å². The monoisotopic (exact) mass is 737 g/mol. The zero-order valence-electron chi connectivity index (χ0n) is 31.4. The Bertz CT molecular complexity index is 1750. The molecule has 286 valence electrons. The minimum absolute atomic E-state index is 0.148. The van der Waals surface area contributed by atoms with Crippen LogP contribution in [0.25, 0.3) is 0 Å². The molecule has 0 unspecified atom stereocenters. The maximum absolute atomic E-state index is 14.2. The van der Waals surface area contributed by atoms with Crippen molar-refractivity contribution < 1.29 is 38.4 Å². The number of methoxy groups -OCH3 is 1. The molecule has 54 heavy (non-hydrogen) atoms. The summed E-state index contributed by atoms with van der Waals surface area (Å²) < 4.78 is 23.2. The van der Waals surface area contributed by atoms with Crippen LogP contribution in [0.4, 0.5) is 15.3 Å². The van der Waals surface area contributed by atoms with Gasteiger partial charge in [0.2, 0.25) is 5.91 Å². The molecule has 0 radical (unpaired) electrons. The van der Waals surface area contributed by atoms with Gasteiger partial charge in [-0.3, -0.25) is 9.69 Å². The van der Waals surface area contributed by atoms with E-state index in [-0.39, 0.29) is 19.8 Å². The van der Waals surface area contributed by atoms with E-state index in [1.54, 1.807) is 4.90 Å². The number of rotatable bonds is 14. The van der Waals surface area contributed by atoms with E-state index in [2.05, 4.69) is 10.6 Å². The third kappa shape index (κ3) is 11.1. The molecule has 4 atom stereocenters. The van der Waals surface area contributed by atoms with Crippen molar-refractivity contribution in [3.8, 4) is 0 Å². The topological polar surface area (TPSA) is 136 Å². The molecule has 1 heterocycles. The fourth-order valence-electron chi connectivity index (χ4n) is 6.63. The van der Waals surface area contributed by atoms with Gasteiger partial charge in [0.05, 0.1) is 45.6 Å². The number of para-hydroxylation sites is 1. The van der Waals surface area contributed by atoms with Gasteiger partial charge in [0, 0.05) is 11.6 Å². The zero-order valence-corrected chi connectivity index (χ0v) is 31.4. The quantitative estimate of drug-likeness (QED) is 0.130. The van der Waals surface area contributed by atoms with Gasteiger partial charge in [0.1, 0.15) is 17.7 Å². The van der Waals surface area contributed by atoms with E-state index in [1.807, 2.05) is 136 Å². The van der Waals surface area contributed by atoms with Gasteiger partial charge >= 0.3 is 12.2 Å². The molecule has 0 aromatic heterocycles. The molecule has 0 bridgehead atoms.